The van der Waals surface area contributed by atoms with Crippen LogP contribution in [-0.2, 0) is 14.4 Å². The molecule has 2 aromatic carbocycles. The number of para-hydroxylation sites is 1. The Morgan fingerprint density at radius 2 is 1.87 bits per heavy atom. The fourth-order valence-electron chi connectivity index (χ4n) is 5.58. The van der Waals surface area contributed by atoms with E-state index in [2.05, 4.69) is 20.6 Å². The van der Waals surface area contributed by atoms with Crippen LogP contribution in [0.1, 0.15) is 74.9 Å². The summed E-state index contributed by atoms with van der Waals surface area (Å²) in [6, 6.07) is 14.6. The summed E-state index contributed by atoms with van der Waals surface area (Å²) in [6.07, 6.45) is 3.70. The molecule has 0 unspecified atom stereocenters. The number of carbonyl (C=O) groups is 3. The molecule has 5 atom stereocenters. The summed E-state index contributed by atoms with van der Waals surface area (Å²) >= 11 is 0. The third kappa shape index (κ3) is 5.59. The summed E-state index contributed by atoms with van der Waals surface area (Å²) in [4.78, 5) is 49.8. The van der Waals surface area contributed by atoms with E-state index in [1.54, 1.807) is 0 Å². The normalized spacial score (nSPS) is 22.5. The molecule has 1 aliphatic carbocycles. The van der Waals surface area contributed by atoms with Gasteiger partial charge in [0.05, 0.1) is 23.5 Å². The third-order valence-electron chi connectivity index (χ3n) is 7.99. The zero-order valence-electron chi connectivity index (χ0n) is 22.4. The zero-order chi connectivity index (χ0) is 26.8. The topological polar surface area (TPSA) is 107 Å². The molecule has 2 heterocycles. The van der Waals surface area contributed by atoms with Crippen LogP contribution in [0, 0.1) is 12.8 Å². The number of benzene rings is 2. The summed E-state index contributed by atoms with van der Waals surface area (Å²) in [5.74, 6) is -0.0542. The lowest BCUT2D eigenvalue weighted by Gasteiger charge is -2.34. The number of fused-ring (bicyclic) bond motifs is 1. The number of aryl methyl sites for hydroxylation is 1. The van der Waals surface area contributed by atoms with Crippen molar-refractivity contribution in [2.45, 2.75) is 76.9 Å². The van der Waals surface area contributed by atoms with Crippen LogP contribution in [0.4, 0.5) is 0 Å². The van der Waals surface area contributed by atoms with E-state index in [0.29, 0.717) is 12.4 Å². The van der Waals surface area contributed by atoms with Gasteiger partial charge in [-0.05, 0) is 69.6 Å². The molecular weight excluding hydrogens is 478 g/mol. The van der Waals surface area contributed by atoms with Gasteiger partial charge < -0.3 is 20.5 Å². The second kappa shape index (κ2) is 11.0. The molecule has 2 aliphatic rings. The average Bonchev–Trinajstić information content (AvgIpc) is 3.59. The first kappa shape index (κ1) is 25.9. The van der Waals surface area contributed by atoms with Gasteiger partial charge in [-0.25, -0.2) is 4.98 Å². The van der Waals surface area contributed by atoms with Crippen molar-refractivity contribution in [2.75, 3.05) is 6.54 Å². The van der Waals surface area contributed by atoms with Crippen LogP contribution in [0.15, 0.2) is 48.5 Å². The summed E-state index contributed by atoms with van der Waals surface area (Å²) in [7, 11) is 0. The molecule has 1 aliphatic heterocycles. The maximum Gasteiger partial charge on any atom is 0.243 e. The number of rotatable bonds is 8. The van der Waals surface area contributed by atoms with Crippen LogP contribution in [0.2, 0.25) is 0 Å². The maximum atomic E-state index is 13.5. The number of imidazole rings is 1. The molecule has 8 nitrogen and oxygen atoms in total. The first-order valence-corrected chi connectivity index (χ1v) is 13.7. The third-order valence-corrected chi connectivity index (χ3v) is 7.99. The summed E-state index contributed by atoms with van der Waals surface area (Å²) in [5, 5.41) is 5.91. The van der Waals surface area contributed by atoms with E-state index in [1.165, 1.54) is 0 Å². The van der Waals surface area contributed by atoms with Crippen LogP contribution in [0.5, 0.6) is 0 Å². The van der Waals surface area contributed by atoms with Gasteiger partial charge in [0, 0.05) is 18.5 Å². The number of H-pyrrole nitrogens is 1. The Kier molecular flexibility index (Phi) is 7.49. The summed E-state index contributed by atoms with van der Waals surface area (Å²) in [5.41, 5.74) is 3.94. The van der Waals surface area contributed by atoms with Crippen LogP contribution < -0.4 is 10.6 Å². The highest BCUT2D eigenvalue weighted by atomic mass is 16.2. The number of aromatic nitrogens is 2. The molecule has 1 saturated heterocycles. The molecule has 200 valence electrons. The van der Waals surface area contributed by atoms with E-state index >= 15 is 0 Å². The number of hydrogen-bond acceptors (Lipinski definition) is 4. The molecule has 3 amide bonds. The van der Waals surface area contributed by atoms with E-state index in [9.17, 15) is 14.4 Å². The van der Waals surface area contributed by atoms with Gasteiger partial charge in [-0.2, -0.15) is 0 Å². The van der Waals surface area contributed by atoms with Gasteiger partial charge in [0.1, 0.15) is 11.9 Å². The van der Waals surface area contributed by atoms with Crippen molar-refractivity contribution >= 4 is 28.8 Å². The first-order valence-electron chi connectivity index (χ1n) is 13.7. The molecule has 3 aromatic rings. The number of hydrogen-bond donors (Lipinski definition) is 3. The molecule has 3 N–H and O–H groups in total. The van der Waals surface area contributed by atoms with Crippen molar-refractivity contribution in [3.8, 4) is 0 Å². The van der Waals surface area contributed by atoms with Crippen molar-refractivity contribution in [1.82, 2.24) is 25.5 Å². The highest BCUT2D eigenvalue weighted by molar-refractivity contribution is 5.93. The second-order valence-electron chi connectivity index (χ2n) is 10.9. The summed E-state index contributed by atoms with van der Waals surface area (Å²) in [6.45, 7) is 6.58. The fourth-order valence-corrected chi connectivity index (χ4v) is 5.58. The number of likely N-dealkylation sites (tertiary alicyclic amines) is 1. The van der Waals surface area contributed by atoms with E-state index in [1.807, 2.05) is 74.2 Å². The predicted octanol–water partition coefficient (Wildman–Crippen LogP) is 4.13. The number of piperidine rings is 1. The molecule has 0 bridgehead atoms. The second-order valence-corrected chi connectivity index (χ2v) is 10.9. The SMILES string of the molecule is Cc1cccc2[nH]c([C@H](C)NC(=O)[C@H](CC(=O)N3CCCC[C@@H]3C)NC(=O)[C@@H]3C[C@H]3c3ccccc3)nc12. The largest absolute Gasteiger partial charge is 0.345 e. The minimum Gasteiger partial charge on any atom is -0.345 e. The first-order chi connectivity index (χ1) is 18.3. The highest BCUT2D eigenvalue weighted by Gasteiger charge is 2.45. The Morgan fingerprint density at radius 1 is 1.08 bits per heavy atom. The number of carbonyl (C=O) groups excluding carboxylic acids is 3. The lowest BCUT2D eigenvalue weighted by molar-refractivity contribution is -0.138. The van der Waals surface area contributed by atoms with E-state index in [-0.39, 0.29) is 42.0 Å². The maximum absolute atomic E-state index is 13.5. The Bertz CT molecular complexity index is 1320. The van der Waals surface area contributed by atoms with Crippen molar-refractivity contribution in [3.05, 3.63) is 65.5 Å². The van der Waals surface area contributed by atoms with Gasteiger partial charge in [0.25, 0.3) is 0 Å². The molecule has 1 saturated carbocycles. The van der Waals surface area contributed by atoms with E-state index < -0.39 is 12.1 Å². The van der Waals surface area contributed by atoms with Gasteiger partial charge in [0.15, 0.2) is 0 Å². The van der Waals surface area contributed by atoms with Gasteiger partial charge in [-0.3, -0.25) is 14.4 Å². The Labute approximate surface area is 223 Å². The lowest BCUT2D eigenvalue weighted by atomic mass is 10.0. The van der Waals surface area contributed by atoms with Crippen molar-refractivity contribution in [3.63, 3.8) is 0 Å². The molecule has 8 heteroatoms. The number of nitrogens with zero attached hydrogens (tertiary/aromatic N) is 2. The minimum atomic E-state index is -0.949. The molecule has 5 rings (SSSR count). The lowest BCUT2D eigenvalue weighted by Crippen LogP contribution is -2.52. The van der Waals surface area contributed by atoms with Crippen LogP contribution in [0.3, 0.4) is 0 Å². The monoisotopic (exact) mass is 515 g/mol. The molecular formula is C30H37N5O3. The van der Waals surface area contributed by atoms with E-state index in [0.717, 1.165) is 47.8 Å². The van der Waals surface area contributed by atoms with Gasteiger partial charge >= 0.3 is 0 Å². The van der Waals surface area contributed by atoms with Crippen LogP contribution in [-0.4, -0.2) is 51.2 Å². The molecule has 2 fully saturated rings. The predicted molar refractivity (Wildman–Crippen MR) is 146 cm³/mol. The number of amides is 3. The fraction of sp³-hybridized carbons (Fsp3) is 0.467. The Hall–Kier alpha value is -3.68. The van der Waals surface area contributed by atoms with Crippen molar-refractivity contribution < 1.29 is 14.4 Å². The van der Waals surface area contributed by atoms with Crippen LogP contribution in [0.25, 0.3) is 11.0 Å². The molecule has 38 heavy (non-hydrogen) atoms. The molecule has 1 aromatic heterocycles. The highest BCUT2D eigenvalue weighted by Crippen LogP contribution is 2.47. The van der Waals surface area contributed by atoms with Gasteiger partial charge in [0.2, 0.25) is 17.7 Å². The Morgan fingerprint density at radius 3 is 2.61 bits per heavy atom. The zero-order valence-corrected chi connectivity index (χ0v) is 22.4. The summed E-state index contributed by atoms with van der Waals surface area (Å²) < 4.78 is 0. The Balaban J connectivity index is 1.29. The minimum absolute atomic E-state index is 0.0589. The van der Waals surface area contributed by atoms with Crippen molar-refractivity contribution in [2.24, 2.45) is 5.92 Å². The quantitative estimate of drug-likeness (QED) is 0.419. The number of nitrogens with one attached hydrogen (secondary N) is 3. The smallest absolute Gasteiger partial charge is 0.243 e. The number of aromatic amines is 1. The molecule has 0 spiro atoms. The molecule has 0 radical (unpaired) electrons. The van der Waals surface area contributed by atoms with Gasteiger partial charge in [-0.15, -0.1) is 0 Å². The standard InChI is InChI=1S/C30H37N5O3/c1-18-10-9-14-24-27(18)34-28(32-24)20(3)31-30(38)25(17-26(36)35-15-8-7-11-19(35)2)33-29(37)23-16-22(23)21-12-5-4-6-13-21/h4-6,9-10,12-14,19-20,22-23,25H,7-8,11,15-17H2,1-3H3,(H,31,38)(H,32,34)(H,33,37)/t19-,20-,22-,23+,25-/m0/s1. The van der Waals surface area contributed by atoms with Crippen molar-refractivity contribution in [1.29, 1.82) is 0 Å². The average molecular weight is 516 g/mol. The van der Waals surface area contributed by atoms with Gasteiger partial charge in [-0.1, -0.05) is 42.5 Å². The van der Waals surface area contributed by atoms with E-state index in [4.69, 9.17) is 0 Å². The van der Waals surface area contributed by atoms with Crippen LogP contribution >= 0.6 is 0 Å².